The summed E-state index contributed by atoms with van der Waals surface area (Å²) < 4.78 is 0. The number of rotatable bonds is 3. The minimum absolute atomic E-state index is 0. The van der Waals surface area contributed by atoms with E-state index in [1.54, 1.807) is 51.5 Å². The Bertz CT molecular complexity index is 388. The van der Waals surface area contributed by atoms with E-state index in [4.69, 9.17) is 0 Å². The van der Waals surface area contributed by atoms with Gasteiger partial charge in [0.2, 0.25) is 11.9 Å². The first-order valence-corrected chi connectivity index (χ1v) is 5.85. The van der Waals surface area contributed by atoms with Crippen LogP contribution in [0.2, 0.25) is 0 Å². The first kappa shape index (κ1) is 20.9. The molecule has 2 N–H and O–H groups in total. The Hall–Kier alpha value is -1.39. The molecule has 20 heavy (non-hydrogen) atoms. The van der Waals surface area contributed by atoms with Crippen molar-refractivity contribution >= 4 is 47.8 Å². The molecule has 0 aromatic heterocycles. The lowest BCUT2D eigenvalue weighted by molar-refractivity contribution is 0.520. The standard InChI is InChI=1S/C11H24N8.HI/c1-9(17-19(7)11(14-4)15-5)8-16-18(6)10(12-2)13-3;/h8H,1-7H3,(H,12,13)(H,14,15);1H/b16-8+,17-9+;. The van der Waals surface area contributed by atoms with Gasteiger partial charge in [-0.15, -0.1) is 24.0 Å². The molecule has 0 aliphatic rings. The van der Waals surface area contributed by atoms with Crippen LogP contribution in [0.5, 0.6) is 0 Å². The summed E-state index contributed by atoms with van der Waals surface area (Å²) in [6, 6.07) is 0. The highest BCUT2D eigenvalue weighted by Crippen LogP contribution is 1.89. The van der Waals surface area contributed by atoms with Crippen molar-refractivity contribution in [1.29, 1.82) is 0 Å². The number of nitrogens with zero attached hydrogens (tertiary/aromatic N) is 6. The van der Waals surface area contributed by atoms with E-state index in [0.29, 0.717) is 11.9 Å². The van der Waals surface area contributed by atoms with Gasteiger partial charge in [-0.05, 0) is 6.92 Å². The smallest absolute Gasteiger partial charge is 0.214 e. The summed E-state index contributed by atoms with van der Waals surface area (Å²) in [4.78, 5) is 8.09. The Kier molecular flexibility index (Phi) is 12.0. The van der Waals surface area contributed by atoms with Gasteiger partial charge in [0.1, 0.15) is 0 Å². The van der Waals surface area contributed by atoms with Crippen LogP contribution in [-0.2, 0) is 0 Å². The largest absolute Gasteiger partial charge is 0.358 e. The summed E-state index contributed by atoms with van der Waals surface area (Å²) in [5.41, 5.74) is 0.748. The monoisotopic (exact) mass is 396 g/mol. The fraction of sp³-hybridized carbons (Fsp3) is 0.636. The van der Waals surface area contributed by atoms with Crippen molar-refractivity contribution in [3.63, 3.8) is 0 Å². The van der Waals surface area contributed by atoms with Crippen LogP contribution < -0.4 is 10.6 Å². The van der Waals surface area contributed by atoms with E-state index in [1.807, 2.05) is 14.0 Å². The maximum atomic E-state index is 4.32. The number of hydrazone groups is 2. The Labute approximate surface area is 138 Å². The molecule has 116 valence electrons. The maximum Gasteiger partial charge on any atom is 0.214 e. The highest BCUT2D eigenvalue weighted by Gasteiger charge is 2.02. The molecule has 0 radical (unpaired) electrons. The van der Waals surface area contributed by atoms with Gasteiger partial charge in [0.25, 0.3) is 0 Å². The predicted molar refractivity (Wildman–Crippen MR) is 97.4 cm³/mol. The number of hydrogen-bond acceptors (Lipinski definition) is 4. The molecule has 0 aliphatic carbocycles. The topological polar surface area (TPSA) is 80.0 Å². The molecule has 0 spiro atoms. The van der Waals surface area contributed by atoms with Crippen LogP contribution in [-0.4, -0.2) is 76.1 Å². The fourth-order valence-corrected chi connectivity index (χ4v) is 1.37. The lowest BCUT2D eigenvalue weighted by atomic mass is 10.5. The molecule has 0 bridgehead atoms. The van der Waals surface area contributed by atoms with Crippen LogP contribution in [0.3, 0.4) is 0 Å². The third-order valence-electron chi connectivity index (χ3n) is 2.21. The van der Waals surface area contributed by atoms with Gasteiger partial charge in [0, 0.05) is 42.3 Å². The van der Waals surface area contributed by atoms with Crippen LogP contribution in [0.15, 0.2) is 20.2 Å². The average Bonchev–Trinajstić information content (AvgIpc) is 2.39. The van der Waals surface area contributed by atoms with E-state index in [-0.39, 0.29) is 24.0 Å². The Morgan fingerprint density at radius 2 is 1.40 bits per heavy atom. The molecule has 0 heterocycles. The Morgan fingerprint density at radius 3 is 1.80 bits per heavy atom. The van der Waals surface area contributed by atoms with Gasteiger partial charge in [-0.1, -0.05) is 0 Å². The zero-order valence-corrected chi connectivity index (χ0v) is 15.5. The predicted octanol–water partition coefficient (Wildman–Crippen LogP) is 0.240. The van der Waals surface area contributed by atoms with E-state index in [0.717, 1.165) is 5.71 Å². The highest BCUT2D eigenvalue weighted by atomic mass is 127. The number of hydrogen-bond donors (Lipinski definition) is 2. The van der Waals surface area contributed by atoms with Crippen LogP contribution in [0.25, 0.3) is 0 Å². The summed E-state index contributed by atoms with van der Waals surface area (Å²) in [6.07, 6.45) is 1.65. The molecule has 0 fully saturated rings. The second-order valence-corrected chi connectivity index (χ2v) is 3.63. The molecule has 0 saturated heterocycles. The van der Waals surface area contributed by atoms with Crippen molar-refractivity contribution in [2.75, 3.05) is 42.3 Å². The maximum absolute atomic E-state index is 4.32. The summed E-state index contributed by atoms with van der Waals surface area (Å²) in [5, 5.41) is 17.7. The summed E-state index contributed by atoms with van der Waals surface area (Å²) in [5.74, 6) is 1.34. The molecular weight excluding hydrogens is 371 g/mol. The summed E-state index contributed by atoms with van der Waals surface area (Å²) in [6.45, 7) is 1.86. The molecule has 0 aromatic carbocycles. The van der Waals surface area contributed by atoms with Crippen molar-refractivity contribution < 1.29 is 0 Å². The number of guanidine groups is 2. The molecule has 0 unspecified atom stereocenters. The fourth-order valence-electron chi connectivity index (χ4n) is 1.37. The molecule has 0 saturated carbocycles. The summed E-state index contributed by atoms with van der Waals surface area (Å²) in [7, 11) is 10.6. The molecule has 0 aliphatic heterocycles. The lowest BCUT2D eigenvalue weighted by Crippen LogP contribution is -2.34. The normalized spacial score (nSPS) is 13.1. The molecule has 0 aromatic rings. The molecule has 0 rings (SSSR count). The Balaban J connectivity index is 0. The second kappa shape index (κ2) is 11.4. The minimum Gasteiger partial charge on any atom is -0.358 e. The van der Waals surface area contributed by atoms with Crippen LogP contribution in [0.1, 0.15) is 6.92 Å². The zero-order valence-electron chi connectivity index (χ0n) is 13.2. The number of aliphatic imine (C=N–C) groups is 2. The number of nitrogens with one attached hydrogen (secondary N) is 2. The van der Waals surface area contributed by atoms with Gasteiger partial charge in [-0.3, -0.25) is 9.98 Å². The van der Waals surface area contributed by atoms with E-state index in [2.05, 4.69) is 30.8 Å². The van der Waals surface area contributed by atoms with E-state index < -0.39 is 0 Å². The molecule has 8 nitrogen and oxygen atoms in total. The van der Waals surface area contributed by atoms with E-state index in [9.17, 15) is 0 Å². The quantitative estimate of drug-likeness (QED) is 0.310. The molecular formula is C11H25IN8. The molecule has 0 amide bonds. The SMILES string of the molecule is CN=C(NC)N(C)/N=C/C(C)=N/N(C)C(=NC)NC.I. The first-order chi connectivity index (χ1) is 8.99. The van der Waals surface area contributed by atoms with Crippen molar-refractivity contribution in [2.45, 2.75) is 6.92 Å². The van der Waals surface area contributed by atoms with Crippen LogP contribution in [0.4, 0.5) is 0 Å². The second-order valence-electron chi connectivity index (χ2n) is 3.63. The Morgan fingerprint density at radius 1 is 0.950 bits per heavy atom. The van der Waals surface area contributed by atoms with Gasteiger partial charge in [0.15, 0.2) is 0 Å². The average molecular weight is 396 g/mol. The van der Waals surface area contributed by atoms with E-state index in [1.165, 1.54) is 0 Å². The zero-order chi connectivity index (χ0) is 14.8. The first-order valence-electron chi connectivity index (χ1n) is 5.85. The van der Waals surface area contributed by atoms with Crippen molar-refractivity contribution in [3.8, 4) is 0 Å². The van der Waals surface area contributed by atoms with Crippen molar-refractivity contribution in [2.24, 2.45) is 20.2 Å². The number of halogens is 1. The van der Waals surface area contributed by atoms with Crippen LogP contribution in [0, 0.1) is 0 Å². The molecule has 9 heteroatoms. The van der Waals surface area contributed by atoms with Gasteiger partial charge in [-0.2, -0.15) is 10.2 Å². The van der Waals surface area contributed by atoms with Gasteiger partial charge in [-0.25, -0.2) is 10.0 Å². The minimum atomic E-state index is 0. The van der Waals surface area contributed by atoms with Gasteiger partial charge in [0.05, 0.1) is 11.9 Å². The van der Waals surface area contributed by atoms with E-state index >= 15 is 0 Å². The molecule has 0 atom stereocenters. The lowest BCUT2D eigenvalue weighted by Gasteiger charge is -2.16. The van der Waals surface area contributed by atoms with Crippen LogP contribution >= 0.6 is 24.0 Å². The summed E-state index contributed by atoms with van der Waals surface area (Å²) >= 11 is 0. The van der Waals surface area contributed by atoms with Gasteiger partial charge < -0.3 is 10.6 Å². The van der Waals surface area contributed by atoms with Gasteiger partial charge >= 0.3 is 0 Å². The third-order valence-corrected chi connectivity index (χ3v) is 2.21. The third kappa shape index (κ3) is 7.26. The highest BCUT2D eigenvalue weighted by molar-refractivity contribution is 14.0. The van der Waals surface area contributed by atoms with Crippen molar-refractivity contribution in [1.82, 2.24) is 20.7 Å². The van der Waals surface area contributed by atoms with Crippen molar-refractivity contribution in [3.05, 3.63) is 0 Å².